The third kappa shape index (κ3) is 2.97. The van der Waals surface area contributed by atoms with Gasteiger partial charge in [-0.25, -0.2) is 4.79 Å². The Morgan fingerprint density at radius 2 is 2.10 bits per heavy atom. The number of phenols is 1. The Labute approximate surface area is 121 Å². The average Bonchev–Trinajstić information content (AvgIpc) is 2.38. The van der Waals surface area contributed by atoms with Gasteiger partial charge in [0.05, 0.1) is 0 Å². The summed E-state index contributed by atoms with van der Waals surface area (Å²) >= 11 is 0. The second-order valence-electron chi connectivity index (χ2n) is 6.33. The molecule has 1 fully saturated rings. The van der Waals surface area contributed by atoms with E-state index >= 15 is 0 Å². The van der Waals surface area contributed by atoms with Gasteiger partial charge in [0.25, 0.3) is 0 Å². The molecule has 0 aliphatic heterocycles. The van der Waals surface area contributed by atoms with E-state index in [-0.39, 0.29) is 17.2 Å². The van der Waals surface area contributed by atoms with Crippen LogP contribution in [0, 0.1) is 11.8 Å². The molecule has 2 rings (SSSR count). The van der Waals surface area contributed by atoms with Crippen molar-refractivity contribution in [1.82, 2.24) is 0 Å². The van der Waals surface area contributed by atoms with Crippen molar-refractivity contribution in [3.8, 4) is 5.75 Å². The highest BCUT2D eigenvalue weighted by molar-refractivity contribution is 5.92. The van der Waals surface area contributed by atoms with E-state index in [0.717, 1.165) is 19.3 Å². The normalized spacial score (nSPS) is 26.5. The zero-order chi connectivity index (χ0) is 14.8. The highest BCUT2D eigenvalue weighted by atomic mass is 16.6. The van der Waals surface area contributed by atoms with E-state index in [1.54, 1.807) is 18.2 Å². The number of benzene rings is 1. The molecule has 2 atom stereocenters. The maximum Gasteiger partial charge on any atom is 0.342 e. The van der Waals surface area contributed by atoms with E-state index in [4.69, 9.17) is 4.74 Å². The predicted octanol–water partition coefficient (Wildman–Crippen LogP) is 4.15. The summed E-state index contributed by atoms with van der Waals surface area (Å²) in [6.45, 7) is 6.43. The second-order valence-corrected chi connectivity index (χ2v) is 6.33. The zero-order valence-corrected chi connectivity index (χ0v) is 12.6. The average molecular weight is 276 g/mol. The van der Waals surface area contributed by atoms with Crippen molar-refractivity contribution in [2.24, 2.45) is 11.8 Å². The SMILES string of the molecule is CC1CCCC(OC(=O)c2ccccc2O)(C(C)C)C1. The Balaban J connectivity index is 2.21. The summed E-state index contributed by atoms with van der Waals surface area (Å²) in [4.78, 5) is 12.4. The van der Waals surface area contributed by atoms with Crippen molar-refractivity contribution in [3.05, 3.63) is 29.8 Å². The Hall–Kier alpha value is -1.51. The minimum absolute atomic E-state index is 0.0136. The van der Waals surface area contributed by atoms with Crippen LogP contribution in [0.2, 0.25) is 0 Å². The molecule has 0 heterocycles. The Bertz CT molecular complexity index is 481. The van der Waals surface area contributed by atoms with Crippen molar-refractivity contribution in [2.75, 3.05) is 0 Å². The van der Waals surface area contributed by atoms with Crippen LogP contribution in [-0.4, -0.2) is 16.7 Å². The third-order valence-electron chi connectivity index (χ3n) is 4.46. The first kappa shape index (κ1) is 14.9. The number of para-hydroxylation sites is 1. The van der Waals surface area contributed by atoms with Crippen LogP contribution >= 0.6 is 0 Å². The van der Waals surface area contributed by atoms with E-state index < -0.39 is 11.6 Å². The van der Waals surface area contributed by atoms with Gasteiger partial charge in [-0.05, 0) is 43.2 Å². The van der Waals surface area contributed by atoms with Gasteiger partial charge in [0.1, 0.15) is 16.9 Å². The molecule has 1 aromatic rings. The summed E-state index contributed by atoms with van der Waals surface area (Å²) < 4.78 is 5.88. The summed E-state index contributed by atoms with van der Waals surface area (Å²) in [5, 5.41) is 9.78. The lowest BCUT2D eigenvalue weighted by molar-refractivity contribution is -0.0744. The molecule has 0 radical (unpaired) electrons. The molecule has 3 nitrogen and oxygen atoms in total. The molecule has 2 unspecified atom stereocenters. The minimum atomic E-state index is -0.411. The van der Waals surface area contributed by atoms with Gasteiger partial charge in [0.2, 0.25) is 0 Å². The number of hydrogen-bond acceptors (Lipinski definition) is 3. The van der Waals surface area contributed by atoms with Crippen LogP contribution in [0.1, 0.15) is 56.8 Å². The molecule has 3 heteroatoms. The summed E-state index contributed by atoms with van der Waals surface area (Å²) in [6, 6.07) is 6.56. The number of rotatable bonds is 3. The fourth-order valence-corrected chi connectivity index (χ4v) is 3.16. The van der Waals surface area contributed by atoms with Crippen molar-refractivity contribution in [3.63, 3.8) is 0 Å². The first-order valence-electron chi connectivity index (χ1n) is 7.46. The lowest BCUT2D eigenvalue weighted by atomic mass is 9.73. The molecule has 1 N–H and O–H groups in total. The maximum absolute atomic E-state index is 12.4. The highest BCUT2D eigenvalue weighted by Gasteiger charge is 2.41. The van der Waals surface area contributed by atoms with Crippen LogP contribution in [0.15, 0.2) is 24.3 Å². The summed E-state index contributed by atoms with van der Waals surface area (Å²) in [6.07, 6.45) is 4.11. The highest BCUT2D eigenvalue weighted by Crippen LogP contribution is 2.41. The van der Waals surface area contributed by atoms with Crippen molar-refractivity contribution in [2.45, 2.75) is 52.1 Å². The topological polar surface area (TPSA) is 46.5 Å². The third-order valence-corrected chi connectivity index (χ3v) is 4.46. The van der Waals surface area contributed by atoms with Crippen LogP contribution in [-0.2, 0) is 4.74 Å². The number of esters is 1. The maximum atomic E-state index is 12.4. The molecule has 1 aromatic carbocycles. The van der Waals surface area contributed by atoms with Gasteiger partial charge in [-0.1, -0.05) is 39.3 Å². The van der Waals surface area contributed by atoms with Crippen molar-refractivity contribution < 1.29 is 14.6 Å². The van der Waals surface area contributed by atoms with E-state index in [9.17, 15) is 9.90 Å². The standard InChI is InChI=1S/C17H24O3/c1-12(2)17(10-6-7-13(3)11-17)20-16(19)14-8-4-5-9-15(14)18/h4-5,8-9,12-13,18H,6-7,10-11H2,1-3H3. The van der Waals surface area contributed by atoms with Gasteiger partial charge in [0.15, 0.2) is 0 Å². The Morgan fingerprint density at radius 3 is 2.70 bits per heavy atom. The van der Waals surface area contributed by atoms with Crippen LogP contribution < -0.4 is 0 Å². The Kier molecular flexibility index (Phi) is 4.36. The van der Waals surface area contributed by atoms with Gasteiger partial charge in [-0.2, -0.15) is 0 Å². The van der Waals surface area contributed by atoms with Gasteiger partial charge in [0, 0.05) is 0 Å². The van der Waals surface area contributed by atoms with Crippen LogP contribution in [0.25, 0.3) is 0 Å². The predicted molar refractivity (Wildman–Crippen MR) is 78.7 cm³/mol. The minimum Gasteiger partial charge on any atom is -0.507 e. The number of carbonyl (C=O) groups is 1. The summed E-state index contributed by atoms with van der Waals surface area (Å²) in [5.74, 6) is 0.425. The zero-order valence-electron chi connectivity index (χ0n) is 12.6. The monoisotopic (exact) mass is 276 g/mol. The second kappa shape index (κ2) is 5.86. The molecule has 20 heavy (non-hydrogen) atoms. The number of ether oxygens (including phenoxy) is 1. The molecule has 1 aliphatic rings. The van der Waals surface area contributed by atoms with Crippen LogP contribution in [0.3, 0.4) is 0 Å². The van der Waals surface area contributed by atoms with Crippen LogP contribution in [0.5, 0.6) is 5.75 Å². The largest absolute Gasteiger partial charge is 0.507 e. The van der Waals surface area contributed by atoms with Crippen molar-refractivity contribution >= 4 is 5.97 Å². The van der Waals surface area contributed by atoms with Gasteiger partial charge in [-0.3, -0.25) is 0 Å². The van der Waals surface area contributed by atoms with E-state index in [1.807, 2.05) is 0 Å². The molecule has 0 bridgehead atoms. The fraction of sp³-hybridized carbons (Fsp3) is 0.588. The first-order valence-corrected chi connectivity index (χ1v) is 7.46. The number of phenolic OH excluding ortho intramolecular Hbond substituents is 1. The van der Waals surface area contributed by atoms with Gasteiger partial charge < -0.3 is 9.84 Å². The van der Waals surface area contributed by atoms with Gasteiger partial charge in [-0.15, -0.1) is 0 Å². The molecule has 0 amide bonds. The van der Waals surface area contributed by atoms with Gasteiger partial charge >= 0.3 is 5.97 Å². The summed E-state index contributed by atoms with van der Waals surface area (Å²) in [7, 11) is 0. The molecule has 110 valence electrons. The number of hydrogen-bond donors (Lipinski definition) is 1. The van der Waals surface area contributed by atoms with Crippen molar-refractivity contribution in [1.29, 1.82) is 0 Å². The number of carbonyl (C=O) groups excluding carboxylic acids is 1. The molecular formula is C17H24O3. The van der Waals surface area contributed by atoms with E-state index in [2.05, 4.69) is 20.8 Å². The van der Waals surface area contributed by atoms with Crippen LogP contribution in [0.4, 0.5) is 0 Å². The summed E-state index contributed by atoms with van der Waals surface area (Å²) in [5.41, 5.74) is -0.137. The Morgan fingerprint density at radius 1 is 1.40 bits per heavy atom. The van der Waals surface area contributed by atoms with E-state index in [0.29, 0.717) is 5.92 Å². The molecule has 1 aliphatic carbocycles. The van der Waals surface area contributed by atoms with E-state index in [1.165, 1.54) is 12.5 Å². The lowest BCUT2D eigenvalue weighted by Gasteiger charge is -2.42. The number of aromatic hydroxyl groups is 1. The molecule has 0 saturated heterocycles. The molecule has 0 aromatic heterocycles. The lowest BCUT2D eigenvalue weighted by Crippen LogP contribution is -2.44. The molecule has 1 saturated carbocycles. The first-order chi connectivity index (χ1) is 9.44. The smallest absolute Gasteiger partial charge is 0.342 e. The molecule has 0 spiro atoms. The molecular weight excluding hydrogens is 252 g/mol. The fourth-order valence-electron chi connectivity index (χ4n) is 3.16. The quantitative estimate of drug-likeness (QED) is 0.843.